The topological polar surface area (TPSA) is 135 Å². The number of rotatable bonds is 8. The molecule has 164 valence electrons. The number of amides is 1. The number of hydrogen-bond acceptors (Lipinski definition) is 5. The van der Waals surface area contributed by atoms with Crippen LogP contribution in [0.3, 0.4) is 0 Å². The quantitative estimate of drug-likeness (QED) is 0.557. The fraction of sp³-hybridized carbons (Fsp3) is 0.316. The molecule has 0 saturated carbocycles. The van der Waals surface area contributed by atoms with E-state index in [0.29, 0.717) is 12.0 Å². The van der Waals surface area contributed by atoms with E-state index >= 15 is 0 Å². The number of aryl methyl sites for hydroxylation is 1. The summed E-state index contributed by atoms with van der Waals surface area (Å²) in [7, 11) is -8.33. The van der Waals surface area contributed by atoms with Gasteiger partial charge in [0.1, 0.15) is 16.8 Å². The average Bonchev–Trinajstić information content (AvgIpc) is 2.65. The van der Waals surface area contributed by atoms with E-state index in [9.17, 15) is 26.0 Å². The summed E-state index contributed by atoms with van der Waals surface area (Å²) in [5.74, 6) is -2.16. The Morgan fingerprint density at radius 1 is 1.07 bits per heavy atom. The number of carbonyl (C=O) groups is 1. The molecule has 1 amide bonds. The Balaban J connectivity index is 2.32. The van der Waals surface area contributed by atoms with Crippen LogP contribution in [-0.2, 0) is 31.3 Å². The lowest BCUT2D eigenvalue weighted by molar-refractivity contribution is -0.118. The van der Waals surface area contributed by atoms with E-state index in [1.807, 2.05) is 0 Å². The van der Waals surface area contributed by atoms with Crippen LogP contribution < -0.4 is 15.2 Å². The summed E-state index contributed by atoms with van der Waals surface area (Å²) in [5.41, 5.74) is 0.619. The highest BCUT2D eigenvalue weighted by Gasteiger charge is 2.30. The van der Waals surface area contributed by atoms with Crippen LogP contribution in [0.5, 0.6) is 0 Å². The second-order valence-corrected chi connectivity index (χ2v) is 10.2. The predicted octanol–water partition coefficient (Wildman–Crippen LogP) is 1.98. The summed E-state index contributed by atoms with van der Waals surface area (Å²) >= 11 is 0. The van der Waals surface area contributed by atoms with Gasteiger partial charge in [-0.15, -0.1) is 0 Å². The largest absolute Gasteiger partial charge is 0.325 e. The molecular formula is C19H24FN3O5S2. The summed E-state index contributed by atoms with van der Waals surface area (Å²) in [6.07, 6.45) is 0.414. The molecule has 0 fully saturated rings. The summed E-state index contributed by atoms with van der Waals surface area (Å²) < 4.78 is 64.9. The van der Waals surface area contributed by atoms with Crippen molar-refractivity contribution in [3.8, 4) is 0 Å². The predicted molar refractivity (Wildman–Crippen MR) is 111 cm³/mol. The lowest BCUT2D eigenvalue weighted by atomic mass is 10.0. The van der Waals surface area contributed by atoms with Gasteiger partial charge in [0.25, 0.3) is 0 Å². The summed E-state index contributed by atoms with van der Waals surface area (Å²) in [4.78, 5) is 12.0. The number of halogens is 1. The first-order valence-electron chi connectivity index (χ1n) is 9.10. The third-order valence-corrected chi connectivity index (χ3v) is 6.85. The Morgan fingerprint density at radius 2 is 1.70 bits per heavy atom. The molecule has 4 N–H and O–H groups in total. The van der Waals surface area contributed by atoms with Gasteiger partial charge in [-0.3, -0.25) is 4.79 Å². The third kappa shape index (κ3) is 5.63. The molecule has 0 radical (unpaired) electrons. The third-order valence-electron chi connectivity index (χ3n) is 4.38. The van der Waals surface area contributed by atoms with Crippen molar-refractivity contribution in [3.63, 3.8) is 0 Å². The van der Waals surface area contributed by atoms with Crippen LogP contribution >= 0.6 is 0 Å². The first kappa shape index (κ1) is 23.9. The number of sulfonamides is 2. The van der Waals surface area contributed by atoms with Gasteiger partial charge in [0.15, 0.2) is 0 Å². The highest BCUT2D eigenvalue weighted by atomic mass is 32.2. The van der Waals surface area contributed by atoms with Crippen molar-refractivity contribution in [3.05, 3.63) is 53.8 Å². The lowest BCUT2D eigenvalue weighted by Gasteiger charge is -2.22. The molecule has 11 heteroatoms. The number of carbonyl (C=O) groups excluding carboxylic acids is 1. The molecule has 8 nitrogen and oxygen atoms in total. The van der Waals surface area contributed by atoms with Crippen molar-refractivity contribution >= 4 is 31.6 Å². The number of benzene rings is 2. The first-order chi connectivity index (χ1) is 13.9. The maximum atomic E-state index is 13.9. The summed E-state index contributed by atoms with van der Waals surface area (Å²) in [5, 5.41) is 7.73. The highest BCUT2D eigenvalue weighted by molar-refractivity contribution is 7.89. The van der Waals surface area contributed by atoms with Crippen molar-refractivity contribution in [2.75, 3.05) is 5.32 Å². The second kappa shape index (κ2) is 9.21. The van der Waals surface area contributed by atoms with E-state index in [2.05, 4.69) is 10.0 Å². The molecule has 0 aliphatic rings. The molecule has 0 bridgehead atoms. The Kier molecular flexibility index (Phi) is 7.35. The summed E-state index contributed by atoms with van der Waals surface area (Å²) in [6, 6.07) is 7.80. The minimum Gasteiger partial charge on any atom is -0.325 e. The van der Waals surface area contributed by atoms with Crippen LogP contribution in [0.1, 0.15) is 26.3 Å². The van der Waals surface area contributed by atoms with Gasteiger partial charge >= 0.3 is 0 Å². The smallest absolute Gasteiger partial charge is 0.244 e. The Hall–Kier alpha value is -2.34. The molecule has 0 spiro atoms. The molecule has 2 rings (SSSR count). The zero-order valence-corrected chi connectivity index (χ0v) is 18.3. The molecular weight excluding hydrogens is 433 g/mol. The molecule has 2 aromatic rings. The number of anilines is 1. The van der Waals surface area contributed by atoms with Crippen LogP contribution in [0.4, 0.5) is 10.1 Å². The van der Waals surface area contributed by atoms with Gasteiger partial charge in [0.2, 0.25) is 26.0 Å². The fourth-order valence-electron chi connectivity index (χ4n) is 2.79. The maximum absolute atomic E-state index is 13.9. The fourth-order valence-corrected chi connectivity index (χ4v) is 5.09. The number of hydrogen-bond donors (Lipinski definition) is 3. The number of nitrogens with one attached hydrogen (secondary N) is 2. The molecule has 1 atom stereocenters. The van der Waals surface area contributed by atoms with E-state index in [1.54, 1.807) is 20.8 Å². The van der Waals surface area contributed by atoms with Gasteiger partial charge < -0.3 is 5.32 Å². The van der Waals surface area contributed by atoms with Crippen molar-refractivity contribution in [1.82, 2.24) is 4.72 Å². The summed E-state index contributed by atoms with van der Waals surface area (Å²) in [6.45, 7) is 4.99. The number of nitrogens with two attached hydrogens (primary N) is 1. The SMILES string of the molecule is CCc1ccc(NC(=O)[C@@H](NS(=O)(=O)c2ccccc2F)C(C)C)cc1S(N)(=O)=O. The van der Waals surface area contributed by atoms with Gasteiger partial charge in [0.05, 0.1) is 4.90 Å². The van der Waals surface area contributed by atoms with Gasteiger partial charge in [-0.2, -0.15) is 4.72 Å². The van der Waals surface area contributed by atoms with Gasteiger partial charge in [-0.1, -0.05) is 39.0 Å². The van der Waals surface area contributed by atoms with Crippen LogP contribution in [-0.4, -0.2) is 28.8 Å². The van der Waals surface area contributed by atoms with Gasteiger partial charge in [-0.05, 0) is 42.2 Å². The molecule has 0 aliphatic heterocycles. The molecule has 2 aromatic carbocycles. The lowest BCUT2D eigenvalue weighted by Crippen LogP contribution is -2.47. The molecule has 0 aromatic heterocycles. The average molecular weight is 458 g/mol. The van der Waals surface area contributed by atoms with Crippen molar-refractivity contribution in [1.29, 1.82) is 0 Å². The van der Waals surface area contributed by atoms with E-state index in [-0.39, 0.29) is 10.6 Å². The van der Waals surface area contributed by atoms with E-state index in [0.717, 1.165) is 12.1 Å². The molecule has 0 saturated heterocycles. The minimum absolute atomic E-state index is 0.129. The van der Waals surface area contributed by atoms with E-state index < -0.39 is 48.6 Å². The molecule has 0 heterocycles. The van der Waals surface area contributed by atoms with Crippen LogP contribution in [0.15, 0.2) is 52.3 Å². The zero-order valence-electron chi connectivity index (χ0n) is 16.7. The monoisotopic (exact) mass is 457 g/mol. The Labute approximate surface area is 175 Å². The molecule has 0 unspecified atom stereocenters. The van der Waals surface area contributed by atoms with E-state index in [1.165, 1.54) is 30.3 Å². The molecule has 0 aliphatic carbocycles. The normalized spacial score (nSPS) is 13.3. The highest BCUT2D eigenvalue weighted by Crippen LogP contribution is 2.21. The van der Waals surface area contributed by atoms with Crippen molar-refractivity contribution in [2.45, 2.75) is 43.0 Å². The number of primary sulfonamides is 1. The van der Waals surface area contributed by atoms with Gasteiger partial charge in [0, 0.05) is 5.69 Å². The van der Waals surface area contributed by atoms with Crippen LogP contribution in [0, 0.1) is 11.7 Å². The standard InChI is InChI=1S/C19H24FN3O5S2/c1-4-13-9-10-14(11-17(13)29(21,25)26)22-19(24)18(12(2)3)23-30(27,28)16-8-6-5-7-15(16)20/h5-12,18,23H,4H2,1-3H3,(H,22,24)(H2,21,25,26)/t18-/m0/s1. The first-order valence-corrected chi connectivity index (χ1v) is 12.1. The minimum atomic E-state index is -4.32. The van der Waals surface area contributed by atoms with Crippen LogP contribution in [0.2, 0.25) is 0 Å². The zero-order chi connectivity index (χ0) is 22.7. The van der Waals surface area contributed by atoms with Crippen molar-refractivity contribution < 1.29 is 26.0 Å². The van der Waals surface area contributed by atoms with E-state index in [4.69, 9.17) is 5.14 Å². The van der Waals surface area contributed by atoms with Crippen molar-refractivity contribution in [2.24, 2.45) is 11.1 Å². The second-order valence-electron chi connectivity index (χ2n) is 6.98. The van der Waals surface area contributed by atoms with Crippen LogP contribution in [0.25, 0.3) is 0 Å². The Bertz CT molecular complexity index is 1150. The maximum Gasteiger partial charge on any atom is 0.244 e. The Morgan fingerprint density at radius 3 is 2.23 bits per heavy atom. The molecule has 30 heavy (non-hydrogen) atoms. The van der Waals surface area contributed by atoms with Gasteiger partial charge in [-0.25, -0.2) is 26.4 Å².